The number of hydrogen-bond acceptors (Lipinski definition) is 4. The number of nitrogens with zero attached hydrogens (tertiary/aromatic N) is 2. The van der Waals surface area contributed by atoms with Crippen molar-refractivity contribution in [2.45, 2.75) is 32.6 Å². The molecule has 1 fully saturated rings. The lowest BCUT2D eigenvalue weighted by molar-refractivity contribution is 0.100. The number of aromatic nitrogens is 1. The highest BCUT2D eigenvalue weighted by Gasteiger charge is 2.20. The van der Waals surface area contributed by atoms with Gasteiger partial charge >= 0.3 is 0 Å². The number of amides is 1. The molecule has 0 aliphatic carbocycles. The monoisotopic (exact) mass is 262 g/mol. The van der Waals surface area contributed by atoms with Crippen molar-refractivity contribution in [2.75, 3.05) is 23.7 Å². The van der Waals surface area contributed by atoms with Crippen molar-refractivity contribution in [1.29, 1.82) is 0 Å². The van der Waals surface area contributed by atoms with Gasteiger partial charge in [0.15, 0.2) is 0 Å². The first-order chi connectivity index (χ1) is 9.11. The van der Waals surface area contributed by atoms with Crippen LogP contribution in [0.25, 0.3) is 0 Å². The smallest absolute Gasteiger partial charge is 0.250 e. The summed E-state index contributed by atoms with van der Waals surface area (Å²) in [6, 6.07) is 1.71. The van der Waals surface area contributed by atoms with Gasteiger partial charge in [-0.25, -0.2) is 4.98 Å². The molecule has 1 aliphatic heterocycles. The lowest BCUT2D eigenvalue weighted by Crippen LogP contribution is -2.34. The van der Waals surface area contributed by atoms with Crippen molar-refractivity contribution in [2.24, 2.45) is 11.7 Å². The van der Waals surface area contributed by atoms with Crippen LogP contribution >= 0.6 is 0 Å². The van der Waals surface area contributed by atoms with E-state index < -0.39 is 5.91 Å². The van der Waals surface area contributed by atoms with E-state index in [0.717, 1.165) is 24.8 Å². The van der Waals surface area contributed by atoms with Gasteiger partial charge in [-0.1, -0.05) is 19.8 Å². The van der Waals surface area contributed by atoms with Crippen molar-refractivity contribution in [3.8, 4) is 0 Å². The van der Waals surface area contributed by atoms with Crippen LogP contribution in [0.4, 0.5) is 11.5 Å². The normalized spacial score (nSPS) is 16.6. The van der Waals surface area contributed by atoms with E-state index >= 15 is 0 Å². The maximum absolute atomic E-state index is 11.3. The maximum Gasteiger partial charge on any atom is 0.250 e. The quantitative estimate of drug-likeness (QED) is 0.866. The van der Waals surface area contributed by atoms with Crippen molar-refractivity contribution in [1.82, 2.24) is 4.98 Å². The topological polar surface area (TPSA) is 85.2 Å². The molecule has 2 rings (SSSR count). The molecule has 19 heavy (non-hydrogen) atoms. The Bertz CT molecular complexity index is 453. The summed E-state index contributed by atoms with van der Waals surface area (Å²) in [6.07, 6.45) is 6.44. The van der Waals surface area contributed by atoms with Gasteiger partial charge in [-0.05, 0) is 24.8 Å². The number of nitrogen functional groups attached to an aromatic ring is 1. The Balaban J connectivity index is 2.07. The summed E-state index contributed by atoms with van der Waals surface area (Å²) in [5, 5.41) is 0. The third kappa shape index (κ3) is 3.16. The van der Waals surface area contributed by atoms with E-state index in [1.165, 1.54) is 31.9 Å². The summed E-state index contributed by atoms with van der Waals surface area (Å²) in [5.41, 5.74) is 11.7. The van der Waals surface area contributed by atoms with Crippen LogP contribution in [0.1, 0.15) is 43.0 Å². The van der Waals surface area contributed by atoms with E-state index in [1.807, 2.05) is 0 Å². The Morgan fingerprint density at radius 1 is 1.47 bits per heavy atom. The molecule has 0 bridgehead atoms. The third-order valence-corrected chi connectivity index (χ3v) is 3.82. The van der Waals surface area contributed by atoms with Crippen LogP contribution in [-0.2, 0) is 0 Å². The molecule has 104 valence electrons. The second kappa shape index (κ2) is 5.91. The number of piperidine rings is 1. The fourth-order valence-corrected chi connectivity index (χ4v) is 2.70. The highest BCUT2D eigenvalue weighted by Crippen LogP contribution is 2.26. The van der Waals surface area contributed by atoms with Gasteiger partial charge in [-0.2, -0.15) is 0 Å². The van der Waals surface area contributed by atoms with Gasteiger partial charge in [0.2, 0.25) is 0 Å². The molecular formula is C14H22N4O. The summed E-state index contributed by atoms with van der Waals surface area (Å²) in [5.74, 6) is 1.13. The van der Waals surface area contributed by atoms with Gasteiger partial charge in [-0.3, -0.25) is 4.79 Å². The van der Waals surface area contributed by atoms with Gasteiger partial charge in [0.1, 0.15) is 5.82 Å². The summed E-state index contributed by atoms with van der Waals surface area (Å²) in [4.78, 5) is 17.8. The first kappa shape index (κ1) is 13.6. The number of rotatable bonds is 4. The van der Waals surface area contributed by atoms with E-state index in [1.54, 1.807) is 6.07 Å². The zero-order valence-corrected chi connectivity index (χ0v) is 11.4. The minimum absolute atomic E-state index is 0.345. The van der Waals surface area contributed by atoms with Gasteiger partial charge in [0.05, 0.1) is 17.4 Å². The molecule has 0 radical (unpaired) electrons. The number of pyridine rings is 1. The third-order valence-electron chi connectivity index (χ3n) is 3.82. The predicted octanol–water partition coefficient (Wildman–Crippen LogP) is 1.78. The Labute approximate surface area is 114 Å². The molecule has 5 heteroatoms. The minimum atomic E-state index is -0.498. The molecule has 1 aromatic rings. The van der Waals surface area contributed by atoms with Crippen LogP contribution in [0, 0.1) is 5.92 Å². The molecule has 5 nitrogen and oxygen atoms in total. The van der Waals surface area contributed by atoms with E-state index in [4.69, 9.17) is 11.5 Å². The van der Waals surface area contributed by atoms with Gasteiger partial charge in [0, 0.05) is 13.1 Å². The van der Waals surface area contributed by atoms with Gasteiger partial charge in [0.25, 0.3) is 5.91 Å². The first-order valence-electron chi connectivity index (χ1n) is 6.92. The van der Waals surface area contributed by atoms with E-state index in [9.17, 15) is 4.79 Å². The van der Waals surface area contributed by atoms with Gasteiger partial charge in [-0.15, -0.1) is 0 Å². The Morgan fingerprint density at radius 3 is 2.74 bits per heavy atom. The Hall–Kier alpha value is -1.78. The Kier molecular flexibility index (Phi) is 4.24. The lowest BCUT2D eigenvalue weighted by atomic mass is 9.92. The highest BCUT2D eigenvalue weighted by molar-refractivity contribution is 5.98. The molecule has 4 N–H and O–H groups in total. The molecule has 1 saturated heterocycles. The zero-order chi connectivity index (χ0) is 13.8. The molecule has 1 aliphatic rings. The molecule has 0 atom stereocenters. The van der Waals surface area contributed by atoms with E-state index in [2.05, 4.69) is 16.8 Å². The summed E-state index contributed by atoms with van der Waals surface area (Å²) in [6.45, 7) is 4.20. The molecule has 0 unspecified atom stereocenters. The van der Waals surface area contributed by atoms with E-state index in [-0.39, 0.29) is 0 Å². The molecule has 1 aromatic heterocycles. The van der Waals surface area contributed by atoms with Crippen LogP contribution in [0.15, 0.2) is 12.3 Å². The second-order valence-corrected chi connectivity index (χ2v) is 5.21. The zero-order valence-electron chi connectivity index (χ0n) is 11.4. The lowest BCUT2D eigenvalue weighted by Gasteiger charge is -2.32. The molecular weight excluding hydrogens is 240 g/mol. The first-order valence-corrected chi connectivity index (χ1v) is 6.92. The summed E-state index contributed by atoms with van der Waals surface area (Å²) >= 11 is 0. The fraction of sp³-hybridized carbons (Fsp3) is 0.571. The van der Waals surface area contributed by atoms with Crippen LogP contribution in [-0.4, -0.2) is 24.0 Å². The average Bonchev–Trinajstić information content (AvgIpc) is 2.40. The molecule has 0 spiro atoms. The number of anilines is 2. The van der Waals surface area contributed by atoms with Crippen LogP contribution in [0.2, 0.25) is 0 Å². The fourth-order valence-electron chi connectivity index (χ4n) is 2.70. The van der Waals surface area contributed by atoms with Gasteiger partial charge < -0.3 is 16.4 Å². The number of primary amides is 1. The van der Waals surface area contributed by atoms with E-state index in [0.29, 0.717) is 11.3 Å². The SMILES string of the molecule is CCCC1CCN(c2cc(C(N)=O)c(N)cn2)CC1. The number of carbonyl (C=O) groups is 1. The molecule has 1 amide bonds. The predicted molar refractivity (Wildman–Crippen MR) is 77.0 cm³/mol. The number of nitrogens with two attached hydrogens (primary N) is 2. The highest BCUT2D eigenvalue weighted by atomic mass is 16.1. The molecule has 0 saturated carbocycles. The van der Waals surface area contributed by atoms with Crippen LogP contribution in [0.5, 0.6) is 0 Å². The van der Waals surface area contributed by atoms with Crippen molar-refractivity contribution in [3.05, 3.63) is 17.8 Å². The largest absolute Gasteiger partial charge is 0.397 e. The standard InChI is InChI=1S/C14H22N4O/c1-2-3-10-4-6-18(7-5-10)13-8-11(14(16)19)12(15)9-17-13/h8-10H,2-7,15H2,1H3,(H2,16,19). The number of hydrogen-bond donors (Lipinski definition) is 2. The Morgan fingerprint density at radius 2 is 2.16 bits per heavy atom. The van der Waals surface area contributed by atoms with Crippen molar-refractivity contribution < 1.29 is 4.79 Å². The average molecular weight is 262 g/mol. The maximum atomic E-state index is 11.3. The molecule has 0 aromatic carbocycles. The molecule has 2 heterocycles. The van der Waals surface area contributed by atoms with Crippen LogP contribution in [0.3, 0.4) is 0 Å². The van der Waals surface area contributed by atoms with Crippen molar-refractivity contribution in [3.63, 3.8) is 0 Å². The van der Waals surface area contributed by atoms with Crippen molar-refractivity contribution >= 4 is 17.4 Å². The minimum Gasteiger partial charge on any atom is -0.397 e. The second-order valence-electron chi connectivity index (χ2n) is 5.21. The summed E-state index contributed by atoms with van der Waals surface area (Å²) in [7, 11) is 0. The van der Waals surface area contributed by atoms with Crippen LogP contribution < -0.4 is 16.4 Å². The number of carbonyl (C=O) groups excluding carboxylic acids is 1. The summed E-state index contributed by atoms with van der Waals surface area (Å²) < 4.78 is 0.